The monoisotopic (exact) mass is 146 g/mol. The standard InChI is InChI=1S/C10H12N/c1-9(8-11)7-10-5-3-2-4-6-10/h1-6H,7-8,11H2. The summed E-state index contributed by atoms with van der Waals surface area (Å²) in [4.78, 5) is 0. The predicted octanol–water partition coefficient (Wildman–Crippen LogP) is 1.55. The first-order chi connectivity index (χ1) is 5.33. The third-order valence-electron chi connectivity index (χ3n) is 1.54. The molecule has 0 saturated carbocycles. The van der Waals surface area contributed by atoms with Crippen molar-refractivity contribution in [3.63, 3.8) is 0 Å². The van der Waals surface area contributed by atoms with Crippen molar-refractivity contribution in [1.29, 1.82) is 0 Å². The molecule has 0 fully saturated rings. The summed E-state index contributed by atoms with van der Waals surface area (Å²) in [6, 6.07) is 10.1. The highest BCUT2D eigenvalue weighted by Crippen LogP contribution is 2.03. The summed E-state index contributed by atoms with van der Waals surface area (Å²) in [5.74, 6) is 0. The molecule has 0 heterocycles. The van der Waals surface area contributed by atoms with E-state index in [1.54, 1.807) is 0 Å². The Balaban J connectivity index is 2.58. The second-order valence-electron chi connectivity index (χ2n) is 2.52. The van der Waals surface area contributed by atoms with Crippen LogP contribution in [0.25, 0.3) is 0 Å². The first-order valence-corrected chi connectivity index (χ1v) is 3.67. The SMILES string of the molecule is [CH]=C(CN)Cc1ccccc1. The zero-order valence-electron chi connectivity index (χ0n) is 6.46. The summed E-state index contributed by atoms with van der Waals surface area (Å²) in [6.45, 7) is 6.06. The molecule has 1 radical (unpaired) electrons. The molecular weight excluding hydrogens is 134 g/mol. The van der Waals surface area contributed by atoms with Crippen LogP contribution in [-0.4, -0.2) is 6.54 Å². The fraction of sp³-hybridized carbons (Fsp3) is 0.200. The average Bonchev–Trinajstić information content (AvgIpc) is 2.06. The molecule has 0 amide bonds. The van der Waals surface area contributed by atoms with E-state index in [-0.39, 0.29) is 0 Å². The van der Waals surface area contributed by atoms with Gasteiger partial charge in [-0.2, -0.15) is 0 Å². The largest absolute Gasteiger partial charge is 0.327 e. The summed E-state index contributed by atoms with van der Waals surface area (Å²) < 4.78 is 0. The van der Waals surface area contributed by atoms with E-state index in [9.17, 15) is 0 Å². The van der Waals surface area contributed by atoms with Crippen molar-refractivity contribution in [2.24, 2.45) is 5.73 Å². The second-order valence-corrected chi connectivity index (χ2v) is 2.52. The normalized spacial score (nSPS) is 9.55. The molecular formula is C10H12N. The van der Waals surface area contributed by atoms with E-state index in [4.69, 9.17) is 12.3 Å². The molecule has 0 aliphatic heterocycles. The lowest BCUT2D eigenvalue weighted by atomic mass is 10.1. The maximum absolute atomic E-state index is 5.60. The summed E-state index contributed by atoms with van der Waals surface area (Å²) in [5, 5.41) is 0. The molecule has 0 atom stereocenters. The van der Waals surface area contributed by atoms with E-state index in [0.29, 0.717) is 6.54 Å². The number of hydrogen-bond donors (Lipinski definition) is 1. The van der Waals surface area contributed by atoms with Crippen molar-refractivity contribution in [3.05, 3.63) is 48.0 Å². The lowest BCUT2D eigenvalue weighted by Gasteiger charge is -2.00. The summed E-state index contributed by atoms with van der Waals surface area (Å²) >= 11 is 0. The van der Waals surface area contributed by atoms with Crippen LogP contribution in [-0.2, 0) is 6.42 Å². The lowest BCUT2D eigenvalue weighted by Crippen LogP contribution is -2.04. The van der Waals surface area contributed by atoms with Gasteiger partial charge in [0, 0.05) is 6.54 Å². The Hall–Kier alpha value is -1.08. The Labute approximate surface area is 67.5 Å². The minimum atomic E-state index is 0.467. The van der Waals surface area contributed by atoms with Gasteiger partial charge in [0.1, 0.15) is 0 Å². The maximum atomic E-state index is 5.60. The molecule has 1 rings (SSSR count). The van der Waals surface area contributed by atoms with Gasteiger partial charge in [-0.15, -0.1) is 0 Å². The molecule has 57 valence electrons. The Morgan fingerprint density at radius 1 is 1.27 bits per heavy atom. The second kappa shape index (κ2) is 3.94. The predicted molar refractivity (Wildman–Crippen MR) is 47.0 cm³/mol. The highest BCUT2D eigenvalue weighted by molar-refractivity contribution is 5.20. The van der Waals surface area contributed by atoms with Gasteiger partial charge in [0.15, 0.2) is 0 Å². The molecule has 0 aromatic heterocycles. The van der Waals surface area contributed by atoms with Gasteiger partial charge >= 0.3 is 0 Å². The van der Waals surface area contributed by atoms with Crippen LogP contribution in [0.3, 0.4) is 0 Å². The maximum Gasteiger partial charge on any atom is 0.0143 e. The van der Waals surface area contributed by atoms with Crippen LogP contribution < -0.4 is 5.73 Å². The van der Waals surface area contributed by atoms with E-state index in [1.165, 1.54) is 5.56 Å². The molecule has 11 heavy (non-hydrogen) atoms. The molecule has 1 nitrogen and oxygen atoms in total. The lowest BCUT2D eigenvalue weighted by molar-refractivity contribution is 1.04. The molecule has 0 unspecified atom stereocenters. The van der Waals surface area contributed by atoms with Crippen molar-refractivity contribution in [2.45, 2.75) is 6.42 Å². The first kappa shape index (κ1) is 8.02. The van der Waals surface area contributed by atoms with Crippen LogP contribution in [0.2, 0.25) is 0 Å². The topological polar surface area (TPSA) is 26.0 Å². The van der Waals surface area contributed by atoms with Gasteiger partial charge in [-0.05, 0) is 12.0 Å². The number of hydrogen-bond acceptors (Lipinski definition) is 1. The fourth-order valence-electron chi connectivity index (χ4n) is 0.930. The average molecular weight is 146 g/mol. The minimum absolute atomic E-state index is 0.467. The van der Waals surface area contributed by atoms with Crippen molar-refractivity contribution in [1.82, 2.24) is 0 Å². The smallest absolute Gasteiger partial charge is 0.0143 e. The van der Waals surface area contributed by atoms with Crippen LogP contribution in [0.4, 0.5) is 0 Å². The van der Waals surface area contributed by atoms with E-state index < -0.39 is 0 Å². The number of rotatable bonds is 3. The zero-order chi connectivity index (χ0) is 8.10. The van der Waals surface area contributed by atoms with E-state index in [1.807, 2.05) is 30.3 Å². The van der Waals surface area contributed by atoms with Gasteiger partial charge in [-0.25, -0.2) is 0 Å². The molecule has 1 aromatic carbocycles. The Morgan fingerprint density at radius 3 is 2.45 bits per heavy atom. The van der Waals surface area contributed by atoms with Crippen LogP contribution in [0.15, 0.2) is 35.9 Å². The van der Waals surface area contributed by atoms with E-state index in [2.05, 4.69) is 0 Å². The first-order valence-electron chi connectivity index (χ1n) is 3.67. The van der Waals surface area contributed by atoms with Crippen molar-refractivity contribution in [2.75, 3.05) is 6.54 Å². The molecule has 2 N–H and O–H groups in total. The van der Waals surface area contributed by atoms with Crippen LogP contribution in [0, 0.1) is 6.58 Å². The third kappa shape index (κ3) is 2.56. The Bertz CT molecular complexity index is 226. The molecule has 0 aliphatic carbocycles. The minimum Gasteiger partial charge on any atom is -0.327 e. The molecule has 0 bridgehead atoms. The van der Waals surface area contributed by atoms with E-state index in [0.717, 1.165) is 12.0 Å². The van der Waals surface area contributed by atoms with Crippen LogP contribution in [0.5, 0.6) is 0 Å². The van der Waals surface area contributed by atoms with Crippen molar-refractivity contribution >= 4 is 0 Å². The zero-order valence-corrected chi connectivity index (χ0v) is 6.46. The fourth-order valence-corrected chi connectivity index (χ4v) is 0.930. The molecule has 0 spiro atoms. The summed E-state index contributed by atoms with van der Waals surface area (Å²) in [6.07, 6.45) is 0.789. The van der Waals surface area contributed by atoms with Gasteiger partial charge in [-0.3, -0.25) is 0 Å². The summed E-state index contributed by atoms with van der Waals surface area (Å²) in [7, 11) is 0. The highest BCUT2D eigenvalue weighted by Gasteiger charge is 1.92. The third-order valence-corrected chi connectivity index (χ3v) is 1.54. The van der Waals surface area contributed by atoms with Gasteiger partial charge in [0.05, 0.1) is 0 Å². The van der Waals surface area contributed by atoms with Gasteiger partial charge in [0.2, 0.25) is 0 Å². The number of benzene rings is 1. The van der Waals surface area contributed by atoms with Gasteiger partial charge < -0.3 is 5.73 Å². The van der Waals surface area contributed by atoms with E-state index >= 15 is 0 Å². The Kier molecular flexibility index (Phi) is 2.87. The quantitative estimate of drug-likeness (QED) is 0.688. The summed E-state index contributed by atoms with van der Waals surface area (Å²) in [5.41, 5.74) is 7.41. The molecule has 1 heteroatoms. The van der Waals surface area contributed by atoms with Gasteiger partial charge in [0.25, 0.3) is 0 Å². The highest BCUT2D eigenvalue weighted by atomic mass is 14.5. The Morgan fingerprint density at radius 2 is 1.91 bits per heavy atom. The van der Waals surface area contributed by atoms with Crippen molar-refractivity contribution < 1.29 is 0 Å². The van der Waals surface area contributed by atoms with Crippen molar-refractivity contribution in [3.8, 4) is 0 Å². The molecule has 1 aromatic rings. The van der Waals surface area contributed by atoms with Crippen LogP contribution in [0.1, 0.15) is 5.56 Å². The molecule has 0 aliphatic rings. The number of nitrogens with two attached hydrogens (primary N) is 1. The van der Waals surface area contributed by atoms with Gasteiger partial charge in [-0.1, -0.05) is 42.5 Å². The molecule has 0 saturated heterocycles. The van der Waals surface area contributed by atoms with Crippen LogP contribution >= 0.6 is 0 Å².